The van der Waals surface area contributed by atoms with Crippen molar-refractivity contribution in [3.05, 3.63) is 23.9 Å². The summed E-state index contributed by atoms with van der Waals surface area (Å²) in [6.45, 7) is 7.89. The van der Waals surface area contributed by atoms with Crippen LogP contribution in [0.5, 0.6) is 5.88 Å². The second kappa shape index (κ2) is 9.76. The molecule has 0 spiro atoms. The zero-order valence-electron chi connectivity index (χ0n) is 13.5. The fourth-order valence-electron chi connectivity index (χ4n) is 2.55. The van der Waals surface area contributed by atoms with Crippen LogP contribution in [-0.4, -0.2) is 24.7 Å². The molecule has 0 aromatic carbocycles. The van der Waals surface area contributed by atoms with Gasteiger partial charge in [-0.15, -0.1) is 0 Å². The van der Waals surface area contributed by atoms with Gasteiger partial charge in [-0.3, -0.25) is 0 Å². The van der Waals surface area contributed by atoms with Crippen LogP contribution in [0.15, 0.2) is 18.3 Å². The number of hydrogen-bond donors (Lipinski definition) is 1. The minimum absolute atomic E-state index is 0.551. The molecule has 0 saturated carbocycles. The minimum atomic E-state index is 0.551. The summed E-state index contributed by atoms with van der Waals surface area (Å²) in [4.78, 5) is 4.30. The van der Waals surface area contributed by atoms with Gasteiger partial charge in [-0.1, -0.05) is 39.7 Å². The van der Waals surface area contributed by atoms with E-state index >= 15 is 0 Å². The Morgan fingerprint density at radius 3 is 2.45 bits per heavy atom. The van der Waals surface area contributed by atoms with Crippen molar-refractivity contribution in [3.8, 4) is 5.88 Å². The molecule has 0 aliphatic carbocycles. The van der Waals surface area contributed by atoms with Gasteiger partial charge < -0.3 is 10.1 Å². The summed E-state index contributed by atoms with van der Waals surface area (Å²) >= 11 is 0. The molecule has 1 aromatic rings. The van der Waals surface area contributed by atoms with Crippen LogP contribution in [0.1, 0.15) is 52.0 Å². The molecule has 0 amide bonds. The van der Waals surface area contributed by atoms with E-state index in [1.165, 1.54) is 31.2 Å². The standard InChI is InChI=1S/C17H30N2O/c1-5-10-18-16(11-14(6-2)7-3)12-15-8-9-17(20-4)19-13-15/h8-9,13-14,16,18H,5-7,10-12H2,1-4H3. The molecule has 0 aliphatic heterocycles. The Bertz CT molecular complexity index is 347. The third kappa shape index (κ3) is 5.91. The second-order valence-corrected chi connectivity index (χ2v) is 5.48. The fourth-order valence-corrected chi connectivity index (χ4v) is 2.55. The van der Waals surface area contributed by atoms with Crippen molar-refractivity contribution in [2.24, 2.45) is 5.92 Å². The van der Waals surface area contributed by atoms with Gasteiger partial charge in [-0.25, -0.2) is 4.98 Å². The summed E-state index contributed by atoms with van der Waals surface area (Å²) in [7, 11) is 1.65. The summed E-state index contributed by atoms with van der Waals surface area (Å²) < 4.78 is 5.11. The van der Waals surface area contributed by atoms with Gasteiger partial charge in [-0.2, -0.15) is 0 Å². The molecular formula is C17H30N2O. The summed E-state index contributed by atoms with van der Waals surface area (Å²) in [5.74, 6) is 1.50. The molecule has 3 nitrogen and oxygen atoms in total. The van der Waals surface area contributed by atoms with Crippen LogP contribution in [0.2, 0.25) is 0 Å². The number of ether oxygens (including phenoxy) is 1. The molecule has 1 aromatic heterocycles. The lowest BCUT2D eigenvalue weighted by atomic mass is 9.91. The van der Waals surface area contributed by atoms with Crippen LogP contribution in [-0.2, 0) is 6.42 Å². The average molecular weight is 278 g/mol. The Morgan fingerprint density at radius 1 is 1.20 bits per heavy atom. The zero-order valence-corrected chi connectivity index (χ0v) is 13.5. The number of methoxy groups -OCH3 is 1. The Labute approximate surface area is 124 Å². The van der Waals surface area contributed by atoms with Crippen LogP contribution >= 0.6 is 0 Å². The zero-order chi connectivity index (χ0) is 14.8. The van der Waals surface area contributed by atoms with E-state index in [0.29, 0.717) is 11.9 Å². The Hall–Kier alpha value is -1.09. The van der Waals surface area contributed by atoms with Crippen molar-refractivity contribution in [1.82, 2.24) is 10.3 Å². The molecule has 1 N–H and O–H groups in total. The first kappa shape index (κ1) is 17.0. The van der Waals surface area contributed by atoms with E-state index < -0.39 is 0 Å². The highest BCUT2D eigenvalue weighted by Gasteiger charge is 2.14. The van der Waals surface area contributed by atoms with E-state index in [4.69, 9.17) is 4.74 Å². The predicted molar refractivity (Wildman–Crippen MR) is 85.3 cm³/mol. The van der Waals surface area contributed by atoms with Crippen molar-refractivity contribution < 1.29 is 4.74 Å². The largest absolute Gasteiger partial charge is 0.481 e. The average Bonchev–Trinajstić information content (AvgIpc) is 2.50. The highest BCUT2D eigenvalue weighted by Crippen LogP contribution is 2.18. The second-order valence-electron chi connectivity index (χ2n) is 5.48. The molecule has 1 heterocycles. The molecule has 0 radical (unpaired) electrons. The van der Waals surface area contributed by atoms with Crippen molar-refractivity contribution in [3.63, 3.8) is 0 Å². The maximum absolute atomic E-state index is 5.11. The van der Waals surface area contributed by atoms with Gasteiger partial charge in [0.1, 0.15) is 0 Å². The Morgan fingerprint density at radius 2 is 1.95 bits per heavy atom. The molecule has 0 bridgehead atoms. The van der Waals surface area contributed by atoms with E-state index in [1.807, 2.05) is 12.3 Å². The molecule has 1 atom stereocenters. The number of nitrogens with one attached hydrogen (secondary N) is 1. The Balaban J connectivity index is 2.61. The van der Waals surface area contributed by atoms with Crippen LogP contribution < -0.4 is 10.1 Å². The number of hydrogen-bond acceptors (Lipinski definition) is 3. The van der Waals surface area contributed by atoms with Crippen molar-refractivity contribution in [2.45, 2.75) is 58.9 Å². The van der Waals surface area contributed by atoms with Crippen LogP contribution in [0.25, 0.3) is 0 Å². The topological polar surface area (TPSA) is 34.1 Å². The van der Waals surface area contributed by atoms with E-state index in [9.17, 15) is 0 Å². The highest BCUT2D eigenvalue weighted by molar-refractivity contribution is 5.18. The third-order valence-electron chi connectivity index (χ3n) is 3.94. The first-order valence-electron chi connectivity index (χ1n) is 7.95. The van der Waals surface area contributed by atoms with Gasteiger partial charge in [0.25, 0.3) is 0 Å². The number of nitrogens with zero attached hydrogens (tertiary/aromatic N) is 1. The van der Waals surface area contributed by atoms with E-state index in [2.05, 4.69) is 37.1 Å². The molecular weight excluding hydrogens is 248 g/mol. The first-order chi connectivity index (χ1) is 9.73. The first-order valence-corrected chi connectivity index (χ1v) is 7.95. The summed E-state index contributed by atoms with van der Waals surface area (Å²) in [5.41, 5.74) is 1.28. The summed E-state index contributed by atoms with van der Waals surface area (Å²) in [6.07, 6.45) is 7.95. The number of aromatic nitrogens is 1. The monoisotopic (exact) mass is 278 g/mol. The number of pyridine rings is 1. The van der Waals surface area contributed by atoms with E-state index in [-0.39, 0.29) is 0 Å². The van der Waals surface area contributed by atoms with Gasteiger partial charge in [0.05, 0.1) is 7.11 Å². The molecule has 3 heteroatoms. The van der Waals surface area contributed by atoms with Gasteiger partial charge in [0.2, 0.25) is 5.88 Å². The lowest BCUT2D eigenvalue weighted by Gasteiger charge is -2.23. The maximum Gasteiger partial charge on any atom is 0.212 e. The van der Waals surface area contributed by atoms with Crippen LogP contribution in [0.4, 0.5) is 0 Å². The van der Waals surface area contributed by atoms with Crippen LogP contribution in [0, 0.1) is 5.92 Å². The molecule has 0 fully saturated rings. The molecule has 0 aliphatic rings. The van der Waals surface area contributed by atoms with Gasteiger partial charge in [0, 0.05) is 18.3 Å². The fraction of sp³-hybridized carbons (Fsp3) is 0.706. The molecule has 1 unspecified atom stereocenters. The van der Waals surface area contributed by atoms with Gasteiger partial charge >= 0.3 is 0 Å². The van der Waals surface area contributed by atoms with Crippen molar-refractivity contribution in [2.75, 3.05) is 13.7 Å². The van der Waals surface area contributed by atoms with Crippen LogP contribution in [0.3, 0.4) is 0 Å². The van der Waals surface area contributed by atoms with Crippen molar-refractivity contribution >= 4 is 0 Å². The predicted octanol–water partition coefficient (Wildman–Crippen LogP) is 3.83. The van der Waals surface area contributed by atoms with Crippen molar-refractivity contribution in [1.29, 1.82) is 0 Å². The van der Waals surface area contributed by atoms with E-state index in [0.717, 1.165) is 18.9 Å². The lowest BCUT2D eigenvalue weighted by Crippen LogP contribution is -2.33. The highest BCUT2D eigenvalue weighted by atomic mass is 16.5. The summed E-state index contributed by atoms with van der Waals surface area (Å²) in [6, 6.07) is 4.62. The number of rotatable bonds is 10. The molecule has 0 saturated heterocycles. The van der Waals surface area contributed by atoms with Gasteiger partial charge in [-0.05, 0) is 37.3 Å². The normalized spacial score (nSPS) is 12.7. The lowest BCUT2D eigenvalue weighted by molar-refractivity contribution is 0.362. The maximum atomic E-state index is 5.11. The molecule has 1 rings (SSSR count). The SMILES string of the molecule is CCCNC(Cc1ccc(OC)nc1)CC(CC)CC. The molecule has 114 valence electrons. The summed E-state index contributed by atoms with van der Waals surface area (Å²) in [5, 5.41) is 3.69. The molecule has 20 heavy (non-hydrogen) atoms. The third-order valence-corrected chi connectivity index (χ3v) is 3.94. The minimum Gasteiger partial charge on any atom is -0.481 e. The van der Waals surface area contributed by atoms with Gasteiger partial charge in [0.15, 0.2) is 0 Å². The van der Waals surface area contributed by atoms with E-state index in [1.54, 1.807) is 7.11 Å². The smallest absolute Gasteiger partial charge is 0.212 e. The Kier molecular flexibility index (Phi) is 8.28. The quantitative estimate of drug-likeness (QED) is 0.706.